The highest BCUT2D eigenvalue weighted by molar-refractivity contribution is 7.89. The monoisotopic (exact) mass is 287 g/mol. The van der Waals surface area contributed by atoms with Crippen LogP contribution in [0.5, 0.6) is 0 Å². The number of esters is 1. The summed E-state index contributed by atoms with van der Waals surface area (Å²) in [6.45, 7) is 1.24. The number of carbonyl (C=O) groups is 1. The van der Waals surface area contributed by atoms with Crippen molar-refractivity contribution in [3.63, 3.8) is 0 Å². The molecule has 106 valence electrons. The molecule has 0 fully saturated rings. The third-order valence-corrected chi connectivity index (χ3v) is 4.47. The lowest BCUT2D eigenvalue weighted by Crippen LogP contribution is -2.32. The van der Waals surface area contributed by atoms with Gasteiger partial charge in [0.25, 0.3) is 0 Å². The number of ether oxygens (including phenoxy) is 1. The van der Waals surface area contributed by atoms with Crippen LogP contribution < -0.4 is 0 Å². The Morgan fingerprint density at radius 3 is 2.32 bits per heavy atom. The van der Waals surface area contributed by atoms with E-state index in [0.29, 0.717) is 5.56 Å². The Bertz CT molecular complexity index is 536. The molecule has 0 heterocycles. The number of nitrogens with zero attached hydrogens (tertiary/aromatic N) is 1. The molecule has 0 aliphatic heterocycles. The van der Waals surface area contributed by atoms with Gasteiger partial charge in [-0.1, -0.05) is 12.1 Å². The molecule has 1 aromatic rings. The van der Waals surface area contributed by atoms with Gasteiger partial charge in [0.1, 0.15) is 6.54 Å². The Hall–Kier alpha value is -1.44. The molecule has 0 aromatic heterocycles. The second kappa shape index (κ2) is 6.14. The fourth-order valence-corrected chi connectivity index (χ4v) is 2.54. The van der Waals surface area contributed by atoms with Crippen molar-refractivity contribution in [2.24, 2.45) is 0 Å². The fraction of sp³-hybridized carbons (Fsp3) is 0.417. The van der Waals surface area contributed by atoms with Crippen molar-refractivity contribution in [1.29, 1.82) is 0 Å². The van der Waals surface area contributed by atoms with Crippen molar-refractivity contribution >= 4 is 16.0 Å². The van der Waals surface area contributed by atoms with Gasteiger partial charge in [0.05, 0.1) is 18.1 Å². The van der Waals surface area contributed by atoms with Crippen molar-refractivity contribution in [2.75, 3.05) is 20.7 Å². The highest BCUT2D eigenvalue weighted by Gasteiger charge is 2.23. The first-order valence-corrected chi connectivity index (χ1v) is 7.04. The van der Waals surface area contributed by atoms with E-state index in [9.17, 15) is 18.3 Å². The van der Waals surface area contributed by atoms with Crippen LogP contribution in [0.25, 0.3) is 0 Å². The molecule has 0 aliphatic carbocycles. The summed E-state index contributed by atoms with van der Waals surface area (Å²) in [6, 6.07) is 5.85. The van der Waals surface area contributed by atoms with Crippen LogP contribution in [0.3, 0.4) is 0 Å². The Balaban J connectivity index is 2.96. The summed E-state index contributed by atoms with van der Waals surface area (Å²) in [5.41, 5.74) is 0.620. The zero-order valence-electron chi connectivity index (χ0n) is 11.0. The minimum Gasteiger partial charge on any atom is -0.468 e. The summed E-state index contributed by atoms with van der Waals surface area (Å²) in [6.07, 6.45) is -0.662. The summed E-state index contributed by atoms with van der Waals surface area (Å²) in [5.74, 6) is -0.633. The summed E-state index contributed by atoms with van der Waals surface area (Å²) < 4.78 is 29.6. The molecule has 19 heavy (non-hydrogen) atoms. The predicted octanol–water partition coefficient (Wildman–Crippen LogP) is 0.533. The van der Waals surface area contributed by atoms with Gasteiger partial charge in [0.2, 0.25) is 10.0 Å². The largest absolute Gasteiger partial charge is 0.468 e. The lowest BCUT2D eigenvalue weighted by molar-refractivity contribution is -0.140. The molecule has 0 bridgehead atoms. The van der Waals surface area contributed by atoms with Gasteiger partial charge >= 0.3 is 5.97 Å². The number of benzene rings is 1. The van der Waals surface area contributed by atoms with E-state index in [2.05, 4.69) is 4.74 Å². The predicted molar refractivity (Wildman–Crippen MR) is 68.9 cm³/mol. The SMILES string of the molecule is COC(=O)CN(C)S(=O)(=O)c1ccc(C(C)O)cc1. The average Bonchev–Trinajstić information content (AvgIpc) is 2.38. The quantitative estimate of drug-likeness (QED) is 0.799. The van der Waals surface area contributed by atoms with Crippen LogP contribution >= 0.6 is 0 Å². The number of likely N-dealkylation sites (N-methyl/N-ethyl adjacent to an activating group) is 1. The standard InChI is InChI=1S/C12H17NO5S/c1-9(14)10-4-6-11(7-5-10)19(16,17)13(2)8-12(15)18-3/h4-7,9,14H,8H2,1-3H3. The first-order valence-electron chi connectivity index (χ1n) is 5.60. The molecule has 1 N–H and O–H groups in total. The number of aliphatic hydroxyl groups excluding tert-OH is 1. The van der Waals surface area contributed by atoms with Gasteiger partial charge in [-0.2, -0.15) is 4.31 Å². The van der Waals surface area contributed by atoms with E-state index in [0.717, 1.165) is 4.31 Å². The van der Waals surface area contributed by atoms with Gasteiger partial charge < -0.3 is 9.84 Å². The maximum atomic E-state index is 12.1. The Labute approximate surface area is 112 Å². The molecule has 1 unspecified atom stereocenters. The molecule has 0 amide bonds. The highest BCUT2D eigenvalue weighted by atomic mass is 32.2. The zero-order chi connectivity index (χ0) is 14.6. The maximum Gasteiger partial charge on any atom is 0.321 e. The van der Waals surface area contributed by atoms with E-state index in [1.165, 1.54) is 38.4 Å². The summed E-state index contributed by atoms with van der Waals surface area (Å²) in [5, 5.41) is 9.36. The van der Waals surface area contributed by atoms with Crippen LogP contribution in [0.15, 0.2) is 29.2 Å². The zero-order valence-corrected chi connectivity index (χ0v) is 11.8. The van der Waals surface area contributed by atoms with Gasteiger partial charge in [0, 0.05) is 7.05 Å². The molecule has 6 nitrogen and oxygen atoms in total. The van der Waals surface area contributed by atoms with E-state index >= 15 is 0 Å². The number of hydrogen-bond donors (Lipinski definition) is 1. The minimum atomic E-state index is -3.74. The number of sulfonamides is 1. The van der Waals surface area contributed by atoms with Crippen molar-refractivity contribution in [2.45, 2.75) is 17.9 Å². The number of carbonyl (C=O) groups excluding carboxylic acids is 1. The second-order valence-corrected chi connectivity index (χ2v) is 6.13. The fourth-order valence-electron chi connectivity index (χ4n) is 1.43. The number of hydrogen-bond acceptors (Lipinski definition) is 5. The van der Waals surface area contributed by atoms with Crippen LogP contribution in [0.1, 0.15) is 18.6 Å². The smallest absolute Gasteiger partial charge is 0.321 e. The van der Waals surface area contributed by atoms with E-state index in [1.54, 1.807) is 6.92 Å². The van der Waals surface area contributed by atoms with Crippen LogP contribution in [0.2, 0.25) is 0 Å². The van der Waals surface area contributed by atoms with Crippen molar-refractivity contribution in [1.82, 2.24) is 4.31 Å². The van der Waals surface area contributed by atoms with E-state index in [-0.39, 0.29) is 11.4 Å². The molecule has 0 saturated heterocycles. The van der Waals surface area contributed by atoms with Gasteiger partial charge in [-0.25, -0.2) is 8.42 Å². The molecule has 0 radical (unpaired) electrons. The molecule has 1 aromatic carbocycles. The second-order valence-electron chi connectivity index (χ2n) is 4.08. The van der Waals surface area contributed by atoms with Crippen molar-refractivity contribution in [3.05, 3.63) is 29.8 Å². The number of methoxy groups -OCH3 is 1. The third kappa shape index (κ3) is 3.76. The highest BCUT2D eigenvalue weighted by Crippen LogP contribution is 2.18. The lowest BCUT2D eigenvalue weighted by atomic mass is 10.1. The van der Waals surface area contributed by atoms with Gasteiger partial charge in [-0.15, -0.1) is 0 Å². The van der Waals surface area contributed by atoms with E-state index in [1.807, 2.05) is 0 Å². The molecule has 7 heteroatoms. The van der Waals surface area contributed by atoms with Crippen LogP contribution in [0.4, 0.5) is 0 Å². The summed E-state index contributed by atoms with van der Waals surface area (Å²) in [7, 11) is -1.24. The third-order valence-electron chi connectivity index (χ3n) is 2.65. The number of aliphatic hydroxyl groups is 1. The normalized spacial score (nSPS) is 13.3. The maximum absolute atomic E-state index is 12.1. The van der Waals surface area contributed by atoms with E-state index in [4.69, 9.17) is 0 Å². The number of rotatable bonds is 5. The van der Waals surface area contributed by atoms with Crippen molar-refractivity contribution in [3.8, 4) is 0 Å². The molecular formula is C12H17NO5S. The molecule has 0 aliphatic rings. The average molecular weight is 287 g/mol. The van der Waals surface area contributed by atoms with Crippen LogP contribution in [-0.2, 0) is 19.6 Å². The van der Waals surface area contributed by atoms with Gasteiger partial charge in [-0.3, -0.25) is 4.79 Å². The Morgan fingerprint density at radius 1 is 1.37 bits per heavy atom. The van der Waals surface area contributed by atoms with E-state index < -0.39 is 22.1 Å². The lowest BCUT2D eigenvalue weighted by Gasteiger charge is -2.16. The molecule has 1 atom stereocenters. The topological polar surface area (TPSA) is 83.9 Å². The summed E-state index contributed by atoms with van der Waals surface area (Å²) >= 11 is 0. The van der Waals surface area contributed by atoms with Crippen LogP contribution in [0, 0.1) is 0 Å². The molecular weight excluding hydrogens is 270 g/mol. The summed E-state index contributed by atoms with van der Waals surface area (Å²) in [4.78, 5) is 11.1. The van der Waals surface area contributed by atoms with Crippen molar-refractivity contribution < 1.29 is 23.1 Å². The van der Waals surface area contributed by atoms with Gasteiger partial charge in [-0.05, 0) is 24.6 Å². The molecule has 1 rings (SSSR count). The Morgan fingerprint density at radius 2 is 1.89 bits per heavy atom. The van der Waals surface area contributed by atoms with Crippen LogP contribution in [-0.4, -0.2) is 44.5 Å². The molecule has 0 saturated carbocycles. The minimum absolute atomic E-state index is 0.0586. The first kappa shape index (κ1) is 15.6. The Kier molecular flexibility index (Phi) is 5.04. The first-order chi connectivity index (χ1) is 8.78. The van der Waals surface area contributed by atoms with Gasteiger partial charge in [0.15, 0.2) is 0 Å². The molecule has 0 spiro atoms.